The number of anilines is 1. The molecule has 1 aliphatic heterocycles. The summed E-state index contributed by atoms with van der Waals surface area (Å²) in [6.07, 6.45) is 0. The topological polar surface area (TPSA) is 62.5 Å². The Morgan fingerprint density at radius 2 is 1.72 bits per heavy atom. The van der Waals surface area contributed by atoms with Gasteiger partial charge in [0.1, 0.15) is 0 Å². The maximum Gasteiger partial charge on any atom is 0.289 e. The van der Waals surface area contributed by atoms with Crippen molar-refractivity contribution in [2.45, 2.75) is 6.92 Å². The van der Waals surface area contributed by atoms with Gasteiger partial charge < -0.3 is 14.2 Å². The largest absolute Gasteiger partial charge is 0.444 e. The summed E-state index contributed by atoms with van der Waals surface area (Å²) in [5, 5.41) is 0. The van der Waals surface area contributed by atoms with Gasteiger partial charge in [-0.2, -0.15) is 0 Å². The summed E-state index contributed by atoms with van der Waals surface area (Å²) in [4.78, 5) is 25.9. The molecule has 3 heterocycles. The molecule has 1 fully saturated rings. The van der Waals surface area contributed by atoms with Crippen LogP contribution in [0.15, 0.2) is 45.5 Å². The molecular weight excluding hydrogens is 384 g/mol. The summed E-state index contributed by atoms with van der Waals surface area (Å²) in [6, 6.07) is 11.3. The van der Waals surface area contributed by atoms with Crippen LogP contribution in [0.1, 0.15) is 16.2 Å². The monoisotopic (exact) mass is 400 g/mol. The Labute approximate surface area is 153 Å². The lowest BCUT2D eigenvalue weighted by Crippen LogP contribution is -2.49. The van der Waals surface area contributed by atoms with Gasteiger partial charge in [0.25, 0.3) is 5.91 Å². The molecule has 0 spiro atoms. The maximum atomic E-state index is 12.5. The first-order chi connectivity index (χ1) is 12.1. The first-order valence-corrected chi connectivity index (χ1v) is 8.94. The molecule has 1 amide bonds. The summed E-state index contributed by atoms with van der Waals surface area (Å²) in [7, 11) is 0. The molecule has 128 valence electrons. The molecule has 0 atom stereocenters. The van der Waals surface area contributed by atoms with Crippen LogP contribution in [0.25, 0.3) is 11.0 Å². The summed E-state index contributed by atoms with van der Waals surface area (Å²) in [6.45, 7) is 4.69. The predicted molar refractivity (Wildman–Crippen MR) is 98.8 cm³/mol. The van der Waals surface area contributed by atoms with Crippen LogP contribution in [-0.4, -0.2) is 47.0 Å². The molecule has 2 aromatic heterocycles. The summed E-state index contributed by atoms with van der Waals surface area (Å²) >= 11 is 3.23. The minimum atomic E-state index is -0.0772. The number of carbonyl (C=O) groups is 1. The highest BCUT2D eigenvalue weighted by atomic mass is 79.9. The molecule has 1 aromatic carbocycles. The van der Waals surface area contributed by atoms with E-state index in [1.807, 2.05) is 36.1 Å². The van der Waals surface area contributed by atoms with Crippen LogP contribution in [0.5, 0.6) is 0 Å². The van der Waals surface area contributed by atoms with E-state index in [9.17, 15) is 4.79 Å². The van der Waals surface area contributed by atoms with Gasteiger partial charge in [-0.3, -0.25) is 4.79 Å². The number of benzene rings is 1. The fraction of sp³-hybridized carbons (Fsp3) is 0.278. The smallest absolute Gasteiger partial charge is 0.289 e. The van der Waals surface area contributed by atoms with E-state index < -0.39 is 0 Å². The van der Waals surface area contributed by atoms with Gasteiger partial charge in [-0.15, -0.1) is 0 Å². The molecule has 3 aromatic rings. The highest BCUT2D eigenvalue weighted by Gasteiger charge is 2.25. The number of amides is 1. The fourth-order valence-electron chi connectivity index (χ4n) is 3.08. The lowest BCUT2D eigenvalue weighted by atomic mass is 10.2. The third kappa shape index (κ3) is 3.11. The van der Waals surface area contributed by atoms with E-state index >= 15 is 0 Å². The second kappa shape index (κ2) is 6.48. The number of rotatable bonds is 2. The Hall–Kier alpha value is -2.41. The van der Waals surface area contributed by atoms with Gasteiger partial charge >= 0.3 is 0 Å². The van der Waals surface area contributed by atoms with E-state index in [0.29, 0.717) is 23.5 Å². The van der Waals surface area contributed by atoms with E-state index in [2.05, 4.69) is 25.8 Å². The number of para-hydroxylation sites is 2. The van der Waals surface area contributed by atoms with Crippen molar-refractivity contribution in [3.8, 4) is 0 Å². The Balaban J connectivity index is 1.50. The minimum Gasteiger partial charge on any atom is -0.444 e. The van der Waals surface area contributed by atoms with Gasteiger partial charge in [0.2, 0.25) is 0 Å². The minimum absolute atomic E-state index is 0.0772. The molecule has 6 nitrogen and oxygen atoms in total. The third-order valence-corrected chi connectivity index (χ3v) is 4.80. The van der Waals surface area contributed by atoms with Crippen molar-refractivity contribution in [1.29, 1.82) is 0 Å². The van der Waals surface area contributed by atoms with Gasteiger partial charge in [0.05, 0.1) is 16.7 Å². The van der Waals surface area contributed by atoms with Gasteiger partial charge in [0.15, 0.2) is 16.2 Å². The van der Waals surface area contributed by atoms with Crippen molar-refractivity contribution in [2.75, 3.05) is 31.1 Å². The highest BCUT2D eigenvalue weighted by molar-refractivity contribution is 9.10. The fourth-order valence-corrected chi connectivity index (χ4v) is 3.39. The van der Waals surface area contributed by atoms with E-state index in [1.54, 1.807) is 12.1 Å². The zero-order chi connectivity index (χ0) is 17.4. The number of hydrogen-bond acceptors (Lipinski definition) is 5. The predicted octanol–water partition coefficient (Wildman–Crippen LogP) is 3.26. The molecular formula is C18H17BrN4O2. The van der Waals surface area contributed by atoms with Crippen LogP contribution in [0.3, 0.4) is 0 Å². The van der Waals surface area contributed by atoms with E-state index in [-0.39, 0.29) is 5.91 Å². The van der Waals surface area contributed by atoms with E-state index in [1.165, 1.54) is 0 Å². The normalized spacial score (nSPS) is 15.0. The van der Waals surface area contributed by atoms with Crippen molar-refractivity contribution in [2.24, 2.45) is 0 Å². The molecule has 1 aliphatic rings. The number of aryl methyl sites for hydroxylation is 1. The Morgan fingerprint density at radius 3 is 2.36 bits per heavy atom. The standard InChI is InChI=1S/C18H17BrN4O2/c1-12-17(21-14-5-3-2-4-13(14)20-12)22-8-10-23(11-9-22)18(24)15-6-7-16(19)25-15/h2-7H,8-11H2,1H3. The molecule has 0 aliphatic carbocycles. The average Bonchev–Trinajstić information content (AvgIpc) is 3.07. The molecule has 0 radical (unpaired) electrons. The Morgan fingerprint density at radius 1 is 1.04 bits per heavy atom. The van der Waals surface area contributed by atoms with E-state index in [4.69, 9.17) is 9.40 Å². The van der Waals surface area contributed by atoms with Crippen LogP contribution in [-0.2, 0) is 0 Å². The zero-order valence-electron chi connectivity index (χ0n) is 13.8. The Bertz CT molecular complexity index is 932. The number of halogens is 1. The molecule has 25 heavy (non-hydrogen) atoms. The maximum absolute atomic E-state index is 12.5. The van der Waals surface area contributed by atoms with Gasteiger partial charge in [-0.05, 0) is 47.1 Å². The average molecular weight is 401 g/mol. The lowest BCUT2D eigenvalue weighted by molar-refractivity contribution is 0.0713. The number of aromatic nitrogens is 2. The van der Waals surface area contributed by atoms with Crippen LogP contribution in [0.4, 0.5) is 5.82 Å². The summed E-state index contributed by atoms with van der Waals surface area (Å²) in [5.41, 5.74) is 2.71. The summed E-state index contributed by atoms with van der Waals surface area (Å²) < 4.78 is 5.93. The molecule has 7 heteroatoms. The second-order valence-corrected chi connectivity index (χ2v) is 6.79. The number of piperazine rings is 1. The molecule has 4 rings (SSSR count). The lowest BCUT2D eigenvalue weighted by Gasteiger charge is -2.35. The SMILES string of the molecule is Cc1nc2ccccc2nc1N1CCN(C(=O)c2ccc(Br)o2)CC1. The van der Waals surface area contributed by atoms with Gasteiger partial charge in [0, 0.05) is 26.2 Å². The highest BCUT2D eigenvalue weighted by Crippen LogP contribution is 2.22. The van der Waals surface area contributed by atoms with Crippen LogP contribution < -0.4 is 4.90 Å². The summed E-state index contributed by atoms with van der Waals surface area (Å²) in [5.74, 6) is 1.18. The first-order valence-electron chi connectivity index (χ1n) is 8.15. The number of fused-ring (bicyclic) bond motifs is 1. The van der Waals surface area contributed by atoms with Gasteiger partial charge in [-0.25, -0.2) is 9.97 Å². The van der Waals surface area contributed by atoms with E-state index in [0.717, 1.165) is 35.6 Å². The van der Waals surface area contributed by atoms with Crippen LogP contribution >= 0.6 is 15.9 Å². The zero-order valence-corrected chi connectivity index (χ0v) is 15.4. The molecule has 1 saturated heterocycles. The molecule has 0 saturated carbocycles. The first kappa shape index (κ1) is 16.1. The van der Waals surface area contributed by atoms with Crippen molar-refractivity contribution in [3.05, 3.63) is 52.5 Å². The van der Waals surface area contributed by atoms with Crippen molar-refractivity contribution >= 4 is 38.7 Å². The quantitative estimate of drug-likeness (QED) is 0.660. The van der Waals surface area contributed by atoms with Crippen molar-refractivity contribution < 1.29 is 9.21 Å². The van der Waals surface area contributed by atoms with Gasteiger partial charge in [-0.1, -0.05) is 12.1 Å². The second-order valence-electron chi connectivity index (χ2n) is 6.00. The number of nitrogens with zero attached hydrogens (tertiary/aromatic N) is 4. The van der Waals surface area contributed by atoms with Crippen LogP contribution in [0, 0.1) is 6.92 Å². The molecule has 0 bridgehead atoms. The third-order valence-electron chi connectivity index (χ3n) is 4.37. The Kier molecular flexibility index (Phi) is 4.17. The number of hydrogen-bond donors (Lipinski definition) is 0. The molecule has 0 N–H and O–H groups in total. The van der Waals surface area contributed by atoms with Crippen LogP contribution in [0.2, 0.25) is 0 Å². The number of carbonyl (C=O) groups excluding carboxylic acids is 1. The van der Waals surface area contributed by atoms with Crippen molar-refractivity contribution in [3.63, 3.8) is 0 Å². The number of furan rings is 1. The van der Waals surface area contributed by atoms with Crippen molar-refractivity contribution in [1.82, 2.24) is 14.9 Å². The molecule has 0 unspecified atom stereocenters.